The van der Waals surface area contributed by atoms with Crippen LogP contribution in [0.15, 0.2) is 66.2 Å². The molecule has 2 aromatic carbocycles. The fourth-order valence-electron chi connectivity index (χ4n) is 5.64. The van der Waals surface area contributed by atoms with Gasteiger partial charge in [0.15, 0.2) is 0 Å². The molecule has 1 aliphatic carbocycles. The van der Waals surface area contributed by atoms with Crippen LogP contribution in [-0.4, -0.2) is 54.0 Å². The maximum atomic E-state index is 13.4. The van der Waals surface area contributed by atoms with E-state index in [1.807, 2.05) is 46.2 Å². The summed E-state index contributed by atoms with van der Waals surface area (Å²) >= 11 is 0. The van der Waals surface area contributed by atoms with Crippen LogP contribution in [0.1, 0.15) is 69.4 Å². The number of nitrogens with one attached hydrogen (secondary N) is 1. The summed E-state index contributed by atoms with van der Waals surface area (Å²) in [5, 5.41) is 3.33. The van der Waals surface area contributed by atoms with Crippen molar-refractivity contribution >= 4 is 18.0 Å². The predicted molar refractivity (Wildman–Crippen MR) is 151 cm³/mol. The molecule has 1 saturated carbocycles. The number of nitrogens with zero attached hydrogens (tertiary/aromatic N) is 2. The lowest BCUT2D eigenvalue weighted by Crippen LogP contribution is -2.49. The highest BCUT2D eigenvalue weighted by atomic mass is 16.2. The number of hydrogen-bond donors (Lipinski definition) is 1. The van der Waals surface area contributed by atoms with Crippen LogP contribution in [0.2, 0.25) is 0 Å². The number of urea groups is 1. The Kier molecular flexibility index (Phi) is 10.2. The molecule has 5 heteroatoms. The Bertz CT molecular complexity index is 1010. The van der Waals surface area contributed by atoms with Gasteiger partial charge in [-0.25, -0.2) is 4.79 Å². The molecule has 5 nitrogen and oxygen atoms in total. The van der Waals surface area contributed by atoms with E-state index >= 15 is 0 Å². The molecule has 2 aliphatic rings. The number of carbonyl (C=O) groups is 2. The molecule has 0 bridgehead atoms. The molecular weight excluding hydrogens is 458 g/mol. The van der Waals surface area contributed by atoms with Crippen LogP contribution in [0.25, 0.3) is 6.08 Å². The summed E-state index contributed by atoms with van der Waals surface area (Å²) in [4.78, 5) is 30.2. The molecule has 2 fully saturated rings. The molecule has 4 rings (SSSR count). The molecule has 2 aromatic rings. The number of aryl methyl sites for hydroxylation is 1. The molecule has 0 unspecified atom stereocenters. The molecule has 0 spiro atoms. The summed E-state index contributed by atoms with van der Waals surface area (Å²) in [5.74, 6) is 0.663. The van der Waals surface area contributed by atoms with Crippen LogP contribution in [0, 0.1) is 5.92 Å². The van der Waals surface area contributed by atoms with E-state index in [-0.39, 0.29) is 11.9 Å². The lowest BCUT2D eigenvalue weighted by Gasteiger charge is -2.36. The molecule has 198 valence electrons. The second kappa shape index (κ2) is 14.0. The van der Waals surface area contributed by atoms with Gasteiger partial charge in [-0.2, -0.15) is 0 Å². The number of hydrogen-bond acceptors (Lipinski definition) is 2. The zero-order valence-electron chi connectivity index (χ0n) is 22.4. The maximum Gasteiger partial charge on any atom is 0.317 e. The molecule has 37 heavy (non-hydrogen) atoms. The van der Waals surface area contributed by atoms with Gasteiger partial charge in [0, 0.05) is 38.6 Å². The van der Waals surface area contributed by atoms with Gasteiger partial charge in [-0.1, -0.05) is 91.6 Å². The first-order valence-corrected chi connectivity index (χ1v) is 14.2. The van der Waals surface area contributed by atoms with E-state index in [1.165, 1.54) is 30.4 Å². The molecular formula is C32H43N3O2. The number of rotatable bonds is 9. The monoisotopic (exact) mass is 501 g/mol. The standard InChI is InChI=1S/C32H43N3O2/c1-26(23-28-13-7-3-8-14-28)24-35(32(37)33-30-15-9-4-10-16-30)25-29-19-21-34(22-20-29)31(36)18-17-27-11-5-2-6-12-27/h2-3,5-8,11-14,23,29-30H,4,9-10,15-22,24-25H2,1H3,(H,33,37)/b26-23+. The Morgan fingerprint density at radius 3 is 2.24 bits per heavy atom. The van der Waals surface area contributed by atoms with E-state index in [0.29, 0.717) is 24.9 Å². The number of piperidine rings is 1. The SMILES string of the molecule is C/C(=C\c1ccccc1)CN(CC1CCN(C(=O)CCc2ccccc2)CC1)C(=O)NC1CCCCC1. The van der Waals surface area contributed by atoms with E-state index in [2.05, 4.69) is 42.6 Å². The summed E-state index contributed by atoms with van der Waals surface area (Å²) in [6.07, 6.45) is 11.3. The van der Waals surface area contributed by atoms with Gasteiger partial charge in [0.2, 0.25) is 5.91 Å². The van der Waals surface area contributed by atoms with E-state index in [0.717, 1.165) is 57.3 Å². The van der Waals surface area contributed by atoms with Crippen LogP contribution < -0.4 is 5.32 Å². The fraction of sp³-hybridized carbons (Fsp3) is 0.500. The van der Waals surface area contributed by atoms with E-state index < -0.39 is 0 Å². The van der Waals surface area contributed by atoms with Crippen molar-refractivity contribution in [1.29, 1.82) is 0 Å². The quantitative estimate of drug-likeness (QED) is 0.438. The van der Waals surface area contributed by atoms with Gasteiger partial charge < -0.3 is 15.1 Å². The van der Waals surface area contributed by atoms with Gasteiger partial charge in [0.05, 0.1) is 0 Å². The van der Waals surface area contributed by atoms with Gasteiger partial charge in [-0.15, -0.1) is 0 Å². The topological polar surface area (TPSA) is 52.7 Å². The second-order valence-corrected chi connectivity index (χ2v) is 10.9. The Morgan fingerprint density at radius 2 is 1.57 bits per heavy atom. The van der Waals surface area contributed by atoms with Crippen molar-refractivity contribution in [2.45, 2.75) is 70.8 Å². The van der Waals surface area contributed by atoms with Crippen LogP contribution in [0.3, 0.4) is 0 Å². The first-order chi connectivity index (χ1) is 18.1. The summed E-state index contributed by atoms with van der Waals surface area (Å²) in [7, 11) is 0. The Hall–Kier alpha value is -3.08. The highest BCUT2D eigenvalue weighted by molar-refractivity contribution is 5.76. The van der Waals surface area contributed by atoms with Crippen molar-refractivity contribution in [1.82, 2.24) is 15.1 Å². The van der Waals surface area contributed by atoms with Crippen LogP contribution in [-0.2, 0) is 11.2 Å². The minimum Gasteiger partial charge on any atom is -0.343 e. The third-order valence-corrected chi connectivity index (χ3v) is 7.79. The van der Waals surface area contributed by atoms with Gasteiger partial charge in [-0.05, 0) is 56.1 Å². The first kappa shape index (κ1) is 27.0. The second-order valence-electron chi connectivity index (χ2n) is 10.9. The normalized spacial score (nSPS) is 17.4. The molecule has 0 radical (unpaired) electrons. The Morgan fingerprint density at radius 1 is 0.919 bits per heavy atom. The van der Waals surface area contributed by atoms with Gasteiger partial charge in [-0.3, -0.25) is 4.79 Å². The zero-order chi connectivity index (χ0) is 25.9. The van der Waals surface area contributed by atoms with E-state index in [4.69, 9.17) is 0 Å². The number of amides is 3. The molecule has 1 N–H and O–H groups in total. The lowest BCUT2D eigenvalue weighted by molar-refractivity contribution is -0.132. The molecule has 0 aromatic heterocycles. The summed E-state index contributed by atoms with van der Waals surface area (Å²) in [5.41, 5.74) is 3.55. The van der Waals surface area contributed by atoms with Gasteiger partial charge in [0.25, 0.3) is 0 Å². The molecule has 0 atom stereocenters. The first-order valence-electron chi connectivity index (χ1n) is 14.2. The average molecular weight is 502 g/mol. The largest absolute Gasteiger partial charge is 0.343 e. The zero-order valence-corrected chi connectivity index (χ0v) is 22.4. The van der Waals surface area contributed by atoms with Crippen molar-refractivity contribution < 1.29 is 9.59 Å². The Balaban J connectivity index is 1.31. The van der Waals surface area contributed by atoms with E-state index in [1.54, 1.807) is 0 Å². The smallest absolute Gasteiger partial charge is 0.317 e. The summed E-state index contributed by atoms with van der Waals surface area (Å²) in [6, 6.07) is 20.9. The van der Waals surface area contributed by atoms with Crippen LogP contribution in [0.4, 0.5) is 4.79 Å². The van der Waals surface area contributed by atoms with Crippen LogP contribution in [0.5, 0.6) is 0 Å². The van der Waals surface area contributed by atoms with Crippen molar-refractivity contribution in [2.24, 2.45) is 5.92 Å². The van der Waals surface area contributed by atoms with Crippen molar-refractivity contribution in [2.75, 3.05) is 26.2 Å². The number of likely N-dealkylation sites (tertiary alicyclic amines) is 1. The van der Waals surface area contributed by atoms with Crippen molar-refractivity contribution in [3.8, 4) is 0 Å². The van der Waals surface area contributed by atoms with Crippen LogP contribution >= 0.6 is 0 Å². The van der Waals surface area contributed by atoms with Gasteiger partial charge in [0.1, 0.15) is 0 Å². The fourth-order valence-corrected chi connectivity index (χ4v) is 5.64. The minimum atomic E-state index is 0.0640. The average Bonchev–Trinajstić information content (AvgIpc) is 2.93. The molecule has 3 amide bonds. The third kappa shape index (κ3) is 8.77. The van der Waals surface area contributed by atoms with E-state index in [9.17, 15) is 9.59 Å². The maximum absolute atomic E-state index is 13.4. The number of benzene rings is 2. The highest BCUT2D eigenvalue weighted by Gasteiger charge is 2.27. The summed E-state index contributed by atoms with van der Waals surface area (Å²) in [6.45, 7) is 5.06. The molecule has 1 heterocycles. The van der Waals surface area contributed by atoms with Crippen molar-refractivity contribution in [3.05, 3.63) is 77.4 Å². The lowest BCUT2D eigenvalue weighted by atomic mass is 9.95. The van der Waals surface area contributed by atoms with Gasteiger partial charge >= 0.3 is 6.03 Å². The molecule has 1 saturated heterocycles. The van der Waals surface area contributed by atoms with Crippen molar-refractivity contribution in [3.63, 3.8) is 0 Å². The third-order valence-electron chi connectivity index (χ3n) is 7.79. The number of carbonyl (C=O) groups excluding carboxylic acids is 2. The predicted octanol–water partition coefficient (Wildman–Crippen LogP) is 6.31. The summed E-state index contributed by atoms with van der Waals surface area (Å²) < 4.78 is 0. The minimum absolute atomic E-state index is 0.0640. The molecule has 1 aliphatic heterocycles. The Labute approximate surface area is 222 Å². The highest BCUT2D eigenvalue weighted by Crippen LogP contribution is 2.22.